The number of esters is 1. The van der Waals surface area contributed by atoms with Crippen molar-refractivity contribution >= 4 is 17.8 Å². The molecule has 148 valence electrons. The van der Waals surface area contributed by atoms with Crippen LogP contribution in [0, 0.1) is 5.92 Å². The van der Waals surface area contributed by atoms with E-state index < -0.39 is 12.1 Å². The fourth-order valence-electron chi connectivity index (χ4n) is 3.10. The molecule has 0 unspecified atom stereocenters. The van der Waals surface area contributed by atoms with Gasteiger partial charge < -0.3 is 14.8 Å². The van der Waals surface area contributed by atoms with E-state index in [1.54, 1.807) is 12.1 Å². The molecule has 1 aliphatic carbocycles. The summed E-state index contributed by atoms with van der Waals surface area (Å²) in [6.07, 6.45) is 5.57. The summed E-state index contributed by atoms with van der Waals surface area (Å²) in [5.74, 6) is -0.142. The van der Waals surface area contributed by atoms with Gasteiger partial charge in [0, 0.05) is 5.56 Å². The molecule has 1 aliphatic rings. The maximum Gasteiger partial charge on any atom is 0.407 e. The van der Waals surface area contributed by atoms with Crippen LogP contribution in [-0.4, -0.2) is 37.6 Å². The molecule has 0 aromatic heterocycles. The largest absolute Gasteiger partial charge is 0.456 e. The summed E-state index contributed by atoms with van der Waals surface area (Å²) in [5, 5.41) is 2.30. The van der Waals surface area contributed by atoms with E-state index in [0.29, 0.717) is 11.5 Å². The summed E-state index contributed by atoms with van der Waals surface area (Å²) in [6, 6.07) is 7.58. The highest BCUT2D eigenvalue weighted by Gasteiger charge is 2.16. The maximum atomic E-state index is 12.2. The molecular formula is C21H29NO5. The van der Waals surface area contributed by atoms with Gasteiger partial charge in [-0.1, -0.05) is 57.4 Å². The molecule has 0 aliphatic heterocycles. The summed E-state index contributed by atoms with van der Waals surface area (Å²) in [7, 11) is 0. The minimum Gasteiger partial charge on any atom is -0.456 e. The number of benzene rings is 1. The molecule has 0 saturated heterocycles. The molecule has 0 atom stereocenters. The second-order valence-electron chi connectivity index (χ2n) is 7.39. The van der Waals surface area contributed by atoms with Crippen LogP contribution in [0.25, 0.3) is 0 Å². The smallest absolute Gasteiger partial charge is 0.407 e. The minimum atomic E-state index is -0.677. The number of ketones is 1. The van der Waals surface area contributed by atoms with Gasteiger partial charge in [0.05, 0.1) is 6.61 Å². The van der Waals surface area contributed by atoms with Gasteiger partial charge in [-0.05, 0) is 30.2 Å². The van der Waals surface area contributed by atoms with E-state index in [1.165, 1.54) is 37.7 Å². The Balaban J connectivity index is 1.71. The molecule has 2 rings (SSSR count). The first-order chi connectivity index (χ1) is 13.0. The van der Waals surface area contributed by atoms with Gasteiger partial charge in [-0.25, -0.2) is 4.79 Å². The summed E-state index contributed by atoms with van der Waals surface area (Å²) >= 11 is 0. The number of carbonyl (C=O) groups is 3. The van der Waals surface area contributed by atoms with E-state index in [1.807, 2.05) is 26.0 Å². The summed E-state index contributed by atoms with van der Waals surface area (Å²) in [6.45, 7) is 3.43. The zero-order valence-corrected chi connectivity index (χ0v) is 16.2. The van der Waals surface area contributed by atoms with Gasteiger partial charge >= 0.3 is 12.1 Å². The lowest BCUT2D eigenvalue weighted by Gasteiger charge is -2.22. The maximum absolute atomic E-state index is 12.2. The lowest BCUT2D eigenvalue weighted by atomic mass is 9.84. The normalized spacial score (nSPS) is 14.6. The van der Waals surface area contributed by atoms with Crippen LogP contribution >= 0.6 is 0 Å². The first kappa shape index (κ1) is 20.9. The average Bonchev–Trinajstić information content (AvgIpc) is 2.69. The average molecular weight is 375 g/mol. The van der Waals surface area contributed by atoms with Crippen molar-refractivity contribution in [2.75, 3.05) is 19.8 Å². The van der Waals surface area contributed by atoms with Crippen LogP contribution in [0.2, 0.25) is 0 Å². The van der Waals surface area contributed by atoms with Gasteiger partial charge in [-0.2, -0.15) is 0 Å². The van der Waals surface area contributed by atoms with E-state index in [4.69, 9.17) is 9.47 Å². The number of carbonyl (C=O) groups excluding carboxylic acids is 3. The van der Waals surface area contributed by atoms with Crippen LogP contribution in [0.1, 0.15) is 67.8 Å². The van der Waals surface area contributed by atoms with E-state index in [0.717, 1.165) is 0 Å². The third kappa shape index (κ3) is 7.41. The van der Waals surface area contributed by atoms with Gasteiger partial charge in [-0.3, -0.25) is 9.59 Å². The predicted octanol–water partition coefficient (Wildman–Crippen LogP) is 3.84. The predicted molar refractivity (Wildman–Crippen MR) is 102 cm³/mol. The lowest BCUT2D eigenvalue weighted by molar-refractivity contribution is -0.141. The van der Waals surface area contributed by atoms with Crippen molar-refractivity contribution in [1.29, 1.82) is 0 Å². The number of Topliss-reactive ketones (excluding diaryl/α,β-unsaturated/α-hetero) is 1. The van der Waals surface area contributed by atoms with E-state index in [-0.39, 0.29) is 31.5 Å². The summed E-state index contributed by atoms with van der Waals surface area (Å²) in [5.41, 5.74) is 1.79. The molecule has 0 spiro atoms. The molecule has 1 fully saturated rings. The Morgan fingerprint density at radius 2 is 1.70 bits per heavy atom. The van der Waals surface area contributed by atoms with Crippen LogP contribution in [0.5, 0.6) is 0 Å². The van der Waals surface area contributed by atoms with Crippen LogP contribution in [0.15, 0.2) is 24.3 Å². The number of amides is 1. The van der Waals surface area contributed by atoms with E-state index in [2.05, 4.69) is 5.32 Å². The number of ether oxygens (including phenoxy) is 2. The number of hydrogen-bond acceptors (Lipinski definition) is 5. The van der Waals surface area contributed by atoms with Crippen LogP contribution in [0.3, 0.4) is 0 Å². The Bertz CT molecular complexity index is 632. The van der Waals surface area contributed by atoms with Crippen LogP contribution in [-0.2, 0) is 14.3 Å². The Morgan fingerprint density at radius 1 is 1.04 bits per heavy atom. The first-order valence-corrected chi connectivity index (χ1v) is 9.65. The first-order valence-electron chi connectivity index (χ1n) is 9.65. The molecule has 0 heterocycles. The Morgan fingerprint density at radius 3 is 2.33 bits per heavy atom. The van der Waals surface area contributed by atoms with Gasteiger partial charge in [0.1, 0.15) is 6.54 Å². The highest BCUT2D eigenvalue weighted by molar-refractivity contribution is 5.98. The van der Waals surface area contributed by atoms with Crippen LogP contribution in [0.4, 0.5) is 4.79 Å². The van der Waals surface area contributed by atoms with Crippen molar-refractivity contribution in [1.82, 2.24) is 5.32 Å². The second kappa shape index (κ2) is 10.7. The summed E-state index contributed by atoms with van der Waals surface area (Å²) in [4.78, 5) is 35.2. The Kier molecular flexibility index (Phi) is 8.30. The molecule has 1 amide bonds. The van der Waals surface area contributed by atoms with Gasteiger partial charge in [0.25, 0.3) is 0 Å². The topological polar surface area (TPSA) is 81.7 Å². The zero-order chi connectivity index (χ0) is 19.6. The molecule has 6 nitrogen and oxygen atoms in total. The van der Waals surface area contributed by atoms with Gasteiger partial charge in [-0.15, -0.1) is 0 Å². The fraction of sp³-hybridized carbons (Fsp3) is 0.571. The highest BCUT2D eigenvalue weighted by atomic mass is 16.6. The van der Waals surface area contributed by atoms with Crippen molar-refractivity contribution in [3.63, 3.8) is 0 Å². The SMILES string of the molecule is CC(C)COC(=O)NCC(=O)OCC(=O)c1ccc(C2CCCCC2)cc1. The monoisotopic (exact) mass is 375 g/mol. The zero-order valence-electron chi connectivity index (χ0n) is 16.2. The molecular weight excluding hydrogens is 346 g/mol. The second-order valence-corrected chi connectivity index (χ2v) is 7.39. The minimum absolute atomic E-state index is 0.213. The third-order valence-electron chi connectivity index (χ3n) is 4.60. The van der Waals surface area contributed by atoms with Crippen molar-refractivity contribution in [2.24, 2.45) is 5.92 Å². The molecule has 6 heteroatoms. The highest BCUT2D eigenvalue weighted by Crippen LogP contribution is 2.32. The fourth-order valence-corrected chi connectivity index (χ4v) is 3.10. The van der Waals surface area contributed by atoms with Gasteiger partial charge in [0.15, 0.2) is 12.4 Å². The number of hydrogen-bond donors (Lipinski definition) is 1. The quantitative estimate of drug-likeness (QED) is 0.551. The molecule has 1 N–H and O–H groups in total. The lowest BCUT2D eigenvalue weighted by Crippen LogP contribution is -2.32. The number of alkyl carbamates (subject to hydrolysis) is 1. The molecule has 0 bridgehead atoms. The third-order valence-corrected chi connectivity index (χ3v) is 4.60. The van der Waals surface area contributed by atoms with E-state index >= 15 is 0 Å². The van der Waals surface area contributed by atoms with Crippen molar-refractivity contribution in [2.45, 2.75) is 51.9 Å². The number of nitrogens with one attached hydrogen (secondary N) is 1. The molecule has 1 saturated carbocycles. The molecule has 1 aromatic carbocycles. The van der Waals surface area contributed by atoms with E-state index in [9.17, 15) is 14.4 Å². The molecule has 0 radical (unpaired) electrons. The number of rotatable bonds is 8. The Hall–Kier alpha value is -2.37. The van der Waals surface area contributed by atoms with Crippen molar-refractivity contribution in [3.8, 4) is 0 Å². The summed E-state index contributed by atoms with van der Waals surface area (Å²) < 4.78 is 9.81. The van der Waals surface area contributed by atoms with Crippen molar-refractivity contribution in [3.05, 3.63) is 35.4 Å². The van der Waals surface area contributed by atoms with Gasteiger partial charge in [0.2, 0.25) is 0 Å². The Labute approximate surface area is 160 Å². The standard InChI is InChI=1S/C21H29NO5/c1-15(2)13-27-21(25)22-12-20(24)26-14-19(23)18-10-8-17(9-11-18)16-6-4-3-5-7-16/h8-11,15-16H,3-7,12-14H2,1-2H3,(H,22,25). The van der Waals surface area contributed by atoms with Crippen LogP contribution < -0.4 is 5.32 Å². The molecule has 27 heavy (non-hydrogen) atoms. The van der Waals surface area contributed by atoms with Crippen molar-refractivity contribution < 1.29 is 23.9 Å². The molecule has 1 aromatic rings.